The van der Waals surface area contributed by atoms with Crippen molar-refractivity contribution in [2.24, 2.45) is 17.1 Å². The van der Waals surface area contributed by atoms with Gasteiger partial charge in [-0.2, -0.15) is 0 Å². The lowest BCUT2D eigenvalue weighted by Crippen LogP contribution is -2.39. The first kappa shape index (κ1) is 15.4. The van der Waals surface area contributed by atoms with Crippen LogP contribution >= 0.6 is 0 Å². The molecule has 0 saturated carbocycles. The Morgan fingerprint density at radius 1 is 1.44 bits per heavy atom. The van der Waals surface area contributed by atoms with Gasteiger partial charge in [0.05, 0.1) is 0 Å². The van der Waals surface area contributed by atoms with E-state index < -0.39 is 0 Å². The first-order valence-corrected chi connectivity index (χ1v) is 5.91. The van der Waals surface area contributed by atoms with Crippen molar-refractivity contribution in [3.05, 3.63) is 0 Å². The topological polar surface area (TPSA) is 75.4 Å². The standard InChI is InChI=1S/C12H26N2O2/c1-9(2)10(13)7-11(16)14-8-12(3,4)5-6-15/h9-10,15H,5-8,13H2,1-4H3,(H,14,16). The molecule has 4 N–H and O–H groups in total. The predicted octanol–water partition coefficient (Wildman–Crippen LogP) is 0.885. The second-order valence-electron chi connectivity index (χ2n) is 5.53. The Morgan fingerprint density at radius 3 is 2.44 bits per heavy atom. The number of amides is 1. The summed E-state index contributed by atoms with van der Waals surface area (Å²) in [7, 11) is 0. The van der Waals surface area contributed by atoms with Crippen LogP contribution in [-0.2, 0) is 4.79 Å². The van der Waals surface area contributed by atoms with Gasteiger partial charge >= 0.3 is 0 Å². The van der Waals surface area contributed by atoms with E-state index in [0.717, 1.165) is 0 Å². The summed E-state index contributed by atoms with van der Waals surface area (Å²) in [5.41, 5.74) is 5.75. The van der Waals surface area contributed by atoms with Crippen LogP contribution in [0.3, 0.4) is 0 Å². The van der Waals surface area contributed by atoms with Gasteiger partial charge in [0.2, 0.25) is 5.91 Å². The van der Waals surface area contributed by atoms with Gasteiger partial charge in [0.15, 0.2) is 0 Å². The highest BCUT2D eigenvalue weighted by molar-refractivity contribution is 5.76. The fraction of sp³-hybridized carbons (Fsp3) is 0.917. The van der Waals surface area contributed by atoms with E-state index in [1.54, 1.807) is 0 Å². The summed E-state index contributed by atoms with van der Waals surface area (Å²) in [6.45, 7) is 8.78. The van der Waals surface area contributed by atoms with E-state index in [4.69, 9.17) is 10.8 Å². The molecule has 0 spiro atoms. The quantitative estimate of drug-likeness (QED) is 0.608. The van der Waals surface area contributed by atoms with Crippen molar-refractivity contribution in [1.82, 2.24) is 5.32 Å². The average molecular weight is 230 g/mol. The van der Waals surface area contributed by atoms with Gasteiger partial charge in [0.25, 0.3) is 0 Å². The predicted molar refractivity (Wildman–Crippen MR) is 65.9 cm³/mol. The molecule has 4 heteroatoms. The van der Waals surface area contributed by atoms with Crippen LogP contribution in [-0.4, -0.2) is 30.2 Å². The van der Waals surface area contributed by atoms with Gasteiger partial charge in [-0.15, -0.1) is 0 Å². The molecular formula is C12H26N2O2. The zero-order valence-electron chi connectivity index (χ0n) is 10.9. The Kier molecular flexibility index (Phi) is 6.60. The Balaban J connectivity index is 3.89. The lowest BCUT2D eigenvalue weighted by atomic mass is 9.89. The maximum atomic E-state index is 11.6. The minimum Gasteiger partial charge on any atom is -0.396 e. The fourth-order valence-corrected chi connectivity index (χ4v) is 1.25. The lowest BCUT2D eigenvalue weighted by Gasteiger charge is -2.24. The fourth-order valence-electron chi connectivity index (χ4n) is 1.25. The largest absolute Gasteiger partial charge is 0.396 e. The molecule has 1 amide bonds. The molecule has 16 heavy (non-hydrogen) atoms. The van der Waals surface area contributed by atoms with Gasteiger partial charge in [0.1, 0.15) is 0 Å². The summed E-state index contributed by atoms with van der Waals surface area (Å²) in [4.78, 5) is 11.6. The first-order valence-electron chi connectivity index (χ1n) is 5.91. The number of hydrogen-bond donors (Lipinski definition) is 3. The van der Waals surface area contributed by atoms with Crippen LogP contribution in [0, 0.1) is 11.3 Å². The van der Waals surface area contributed by atoms with Crippen molar-refractivity contribution in [3.8, 4) is 0 Å². The molecule has 4 nitrogen and oxygen atoms in total. The van der Waals surface area contributed by atoms with E-state index in [1.807, 2.05) is 27.7 Å². The van der Waals surface area contributed by atoms with E-state index >= 15 is 0 Å². The molecule has 0 rings (SSSR count). The SMILES string of the molecule is CC(C)C(N)CC(=O)NCC(C)(C)CCO. The van der Waals surface area contributed by atoms with Crippen molar-refractivity contribution in [2.45, 2.75) is 46.6 Å². The second kappa shape index (κ2) is 6.86. The molecule has 0 radical (unpaired) electrons. The van der Waals surface area contributed by atoms with E-state index in [-0.39, 0.29) is 24.0 Å². The van der Waals surface area contributed by atoms with Crippen LogP contribution < -0.4 is 11.1 Å². The first-order chi connectivity index (χ1) is 7.28. The third-order valence-electron chi connectivity index (χ3n) is 2.83. The minimum absolute atomic E-state index is 0.00721. The van der Waals surface area contributed by atoms with Crippen molar-refractivity contribution >= 4 is 5.91 Å². The Hall–Kier alpha value is -0.610. The monoisotopic (exact) mass is 230 g/mol. The molecule has 0 saturated heterocycles. The number of carbonyl (C=O) groups excluding carboxylic acids is 1. The molecule has 0 bridgehead atoms. The van der Waals surface area contributed by atoms with Crippen LogP contribution in [0.2, 0.25) is 0 Å². The molecule has 0 heterocycles. The number of hydrogen-bond acceptors (Lipinski definition) is 3. The lowest BCUT2D eigenvalue weighted by molar-refractivity contribution is -0.122. The van der Waals surface area contributed by atoms with Crippen LogP contribution in [0.1, 0.15) is 40.5 Å². The van der Waals surface area contributed by atoms with Crippen molar-refractivity contribution in [2.75, 3.05) is 13.2 Å². The highest BCUT2D eigenvalue weighted by atomic mass is 16.3. The van der Waals surface area contributed by atoms with Gasteiger partial charge < -0.3 is 16.2 Å². The van der Waals surface area contributed by atoms with Crippen LogP contribution in [0.5, 0.6) is 0 Å². The van der Waals surface area contributed by atoms with Crippen LogP contribution in [0.25, 0.3) is 0 Å². The zero-order valence-corrected chi connectivity index (χ0v) is 10.9. The van der Waals surface area contributed by atoms with Gasteiger partial charge in [-0.1, -0.05) is 27.7 Å². The van der Waals surface area contributed by atoms with Gasteiger partial charge in [-0.05, 0) is 17.8 Å². The molecule has 0 aliphatic heterocycles. The van der Waals surface area contributed by atoms with E-state index in [0.29, 0.717) is 25.3 Å². The van der Waals surface area contributed by atoms with Gasteiger partial charge in [-0.3, -0.25) is 4.79 Å². The molecule has 0 aromatic heterocycles. The Bertz CT molecular complexity index is 215. The van der Waals surface area contributed by atoms with Crippen molar-refractivity contribution in [3.63, 3.8) is 0 Å². The maximum absolute atomic E-state index is 11.6. The average Bonchev–Trinajstić information content (AvgIpc) is 2.14. The van der Waals surface area contributed by atoms with Gasteiger partial charge in [0, 0.05) is 25.6 Å². The van der Waals surface area contributed by atoms with E-state index in [1.165, 1.54) is 0 Å². The number of nitrogens with two attached hydrogens (primary N) is 1. The molecule has 0 aromatic rings. The zero-order chi connectivity index (χ0) is 12.8. The Labute approximate surface area is 98.6 Å². The third-order valence-corrected chi connectivity index (χ3v) is 2.83. The number of carbonyl (C=O) groups is 1. The molecule has 1 atom stereocenters. The number of aliphatic hydroxyl groups is 1. The number of aliphatic hydroxyl groups excluding tert-OH is 1. The van der Waals surface area contributed by atoms with Crippen LogP contribution in [0.15, 0.2) is 0 Å². The smallest absolute Gasteiger partial charge is 0.221 e. The normalized spacial score (nSPS) is 13.9. The maximum Gasteiger partial charge on any atom is 0.221 e. The number of nitrogens with one attached hydrogen (secondary N) is 1. The Morgan fingerprint density at radius 2 is 2.00 bits per heavy atom. The molecule has 0 aliphatic carbocycles. The summed E-state index contributed by atoms with van der Waals surface area (Å²) in [6.07, 6.45) is 1.05. The summed E-state index contributed by atoms with van der Waals surface area (Å²) in [5, 5.41) is 11.7. The molecular weight excluding hydrogens is 204 g/mol. The van der Waals surface area contributed by atoms with Crippen molar-refractivity contribution < 1.29 is 9.90 Å². The van der Waals surface area contributed by atoms with E-state index in [9.17, 15) is 4.79 Å². The molecule has 0 aromatic carbocycles. The minimum atomic E-state index is -0.0824. The molecule has 0 aliphatic rings. The highest BCUT2D eigenvalue weighted by Crippen LogP contribution is 2.18. The summed E-state index contributed by atoms with van der Waals surface area (Å²) in [6, 6.07) is -0.0824. The highest BCUT2D eigenvalue weighted by Gasteiger charge is 2.19. The number of rotatable bonds is 7. The summed E-state index contributed by atoms with van der Waals surface area (Å²) >= 11 is 0. The summed E-state index contributed by atoms with van der Waals surface area (Å²) in [5.74, 6) is 0.309. The van der Waals surface area contributed by atoms with Crippen molar-refractivity contribution in [1.29, 1.82) is 0 Å². The van der Waals surface area contributed by atoms with E-state index in [2.05, 4.69) is 5.32 Å². The molecule has 1 unspecified atom stereocenters. The molecule has 0 fully saturated rings. The summed E-state index contributed by atoms with van der Waals surface area (Å²) < 4.78 is 0. The van der Waals surface area contributed by atoms with Crippen LogP contribution in [0.4, 0.5) is 0 Å². The molecule has 96 valence electrons. The second-order valence-corrected chi connectivity index (χ2v) is 5.53. The third kappa shape index (κ3) is 6.80. The van der Waals surface area contributed by atoms with Gasteiger partial charge in [-0.25, -0.2) is 0 Å².